The Morgan fingerprint density at radius 1 is 1.23 bits per heavy atom. The van der Waals surface area contributed by atoms with E-state index in [1.165, 1.54) is 43.7 Å². The molecule has 0 amide bonds. The molecule has 1 rings (SSSR count). The van der Waals surface area contributed by atoms with Crippen LogP contribution in [0.4, 0.5) is 0 Å². The molecule has 22 heavy (non-hydrogen) atoms. The highest BCUT2D eigenvalue weighted by Crippen LogP contribution is 2.20. The third-order valence-electron chi connectivity index (χ3n) is 3.43. The Balaban J connectivity index is 2.58. The molecule has 0 saturated carbocycles. The van der Waals surface area contributed by atoms with Gasteiger partial charge in [0.1, 0.15) is 0 Å². The van der Waals surface area contributed by atoms with E-state index < -0.39 is 5.97 Å². The molecule has 0 unspecified atom stereocenters. The molecule has 0 aliphatic rings. The summed E-state index contributed by atoms with van der Waals surface area (Å²) in [4.78, 5) is 25.0. The largest absolute Gasteiger partial charge is 0.362 e. The van der Waals surface area contributed by atoms with E-state index in [0.29, 0.717) is 0 Å². The first-order valence-corrected chi connectivity index (χ1v) is 8.46. The molecule has 0 radical (unpaired) electrons. The summed E-state index contributed by atoms with van der Waals surface area (Å²) in [6.45, 7) is 2.21. The normalized spacial score (nSPS) is 10.8. The summed E-state index contributed by atoms with van der Waals surface area (Å²) in [5, 5.41) is 2.11. The fourth-order valence-electron chi connectivity index (χ4n) is 2.27. The number of rotatable bonds is 10. The summed E-state index contributed by atoms with van der Waals surface area (Å²) in [7, 11) is 0. The molecule has 0 N–H and O–H groups in total. The van der Waals surface area contributed by atoms with Crippen molar-refractivity contribution in [2.24, 2.45) is 5.34 Å². The van der Waals surface area contributed by atoms with E-state index in [9.17, 15) is 9.70 Å². The summed E-state index contributed by atoms with van der Waals surface area (Å²) in [6, 6.07) is 5.93. The highest BCUT2D eigenvalue weighted by atomic mass is 79.9. The van der Waals surface area contributed by atoms with Crippen molar-refractivity contribution >= 4 is 28.0 Å². The van der Waals surface area contributed by atoms with Crippen molar-refractivity contribution in [3.05, 3.63) is 44.8 Å². The van der Waals surface area contributed by atoms with E-state index in [1.54, 1.807) is 6.08 Å². The Bertz CT molecular complexity index is 515. The van der Waals surface area contributed by atoms with Crippen LogP contribution in [0.15, 0.2) is 34.1 Å². The number of hydrogen-bond acceptors (Lipinski definition) is 4. The van der Waals surface area contributed by atoms with Crippen LogP contribution in [0, 0.1) is 4.91 Å². The Morgan fingerprint density at radius 2 is 1.95 bits per heavy atom. The second kappa shape index (κ2) is 11.1. The Morgan fingerprint density at radius 3 is 2.68 bits per heavy atom. The van der Waals surface area contributed by atoms with Crippen LogP contribution in [0.25, 0.3) is 6.08 Å². The molecule has 0 saturated heterocycles. The Labute approximate surface area is 140 Å². The van der Waals surface area contributed by atoms with Crippen molar-refractivity contribution in [3.8, 4) is 0 Å². The first-order valence-electron chi connectivity index (χ1n) is 7.67. The number of halogens is 1. The fraction of sp³-hybridized carbons (Fsp3) is 0.471. The third-order valence-corrected chi connectivity index (χ3v) is 3.92. The van der Waals surface area contributed by atoms with E-state index in [4.69, 9.17) is 0 Å². The Hall–Kier alpha value is -1.49. The van der Waals surface area contributed by atoms with Crippen molar-refractivity contribution in [2.75, 3.05) is 0 Å². The lowest BCUT2D eigenvalue weighted by Gasteiger charge is -2.07. The summed E-state index contributed by atoms with van der Waals surface area (Å²) >= 11 is 3.47. The number of unbranched alkanes of at least 4 members (excludes halogenated alkanes) is 5. The van der Waals surface area contributed by atoms with E-state index in [0.717, 1.165) is 22.9 Å². The average molecular weight is 368 g/mol. The van der Waals surface area contributed by atoms with Crippen molar-refractivity contribution in [3.63, 3.8) is 0 Å². The molecule has 0 heterocycles. The lowest BCUT2D eigenvalue weighted by molar-refractivity contribution is -0.137. The van der Waals surface area contributed by atoms with Crippen LogP contribution in [0.5, 0.6) is 0 Å². The van der Waals surface area contributed by atoms with Crippen LogP contribution >= 0.6 is 15.9 Å². The maximum absolute atomic E-state index is 11.1. The van der Waals surface area contributed by atoms with Crippen molar-refractivity contribution < 1.29 is 9.63 Å². The standard InChI is InChI=1S/C17H22BrNO3/c1-2-3-4-5-6-7-8-15-13-16(18)11-9-14(15)10-12-17(20)22-19-21/h9-13H,2-8H2,1H3/b12-10+. The van der Waals surface area contributed by atoms with Gasteiger partial charge in [0.25, 0.3) is 0 Å². The number of aryl methyl sites for hydroxylation is 1. The average Bonchev–Trinajstić information content (AvgIpc) is 2.50. The van der Waals surface area contributed by atoms with Crippen LogP contribution in [-0.2, 0) is 16.1 Å². The maximum Gasteiger partial charge on any atom is 0.362 e. The molecular weight excluding hydrogens is 346 g/mol. The van der Waals surface area contributed by atoms with Gasteiger partial charge >= 0.3 is 5.97 Å². The summed E-state index contributed by atoms with van der Waals surface area (Å²) in [5.41, 5.74) is 2.13. The van der Waals surface area contributed by atoms with Crippen LogP contribution in [0.1, 0.15) is 56.6 Å². The second-order valence-corrected chi connectivity index (χ2v) is 6.09. The smallest absolute Gasteiger partial charge is 0.280 e. The van der Waals surface area contributed by atoms with E-state index in [-0.39, 0.29) is 0 Å². The lowest BCUT2D eigenvalue weighted by Crippen LogP contribution is -1.94. The van der Waals surface area contributed by atoms with Crippen LogP contribution in [-0.4, -0.2) is 5.97 Å². The van der Waals surface area contributed by atoms with Gasteiger partial charge in [-0.05, 0) is 42.2 Å². The van der Waals surface area contributed by atoms with Crippen molar-refractivity contribution in [1.29, 1.82) is 0 Å². The summed E-state index contributed by atoms with van der Waals surface area (Å²) in [6.07, 6.45) is 11.3. The molecule has 0 atom stereocenters. The van der Waals surface area contributed by atoms with Gasteiger partial charge in [0.15, 0.2) is 5.34 Å². The zero-order chi connectivity index (χ0) is 16.2. The van der Waals surface area contributed by atoms with Gasteiger partial charge in [-0.1, -0.05) is 61.0 Å². The highest BCUT2D eigenvalue weighted by Gasteiger charge is 2.03. The number of carbonyl (C=O) groups excluding carboxylic acids is 1. The van der Waals surface area contributed by atoms with Crippen molar-refractivity contribution in [1.82, 2.24) is 0 Å². The molecule has 4 nitrogen and oxygen atoms in total. The zero-order valence-corrected chi connectivity index (χ0v) is 14.5. The van der Waals surface area contributed by atoms with Gasteiger partial charge in [0, 0.05) is 10.5 Å². The molecule has 1 aromatic carbocycles. The number of benzene rings is 1. The minimum absolute atomic E-state index is 0.761. The molecule has 0 aliphatic heterocycles. The molecule has 0 bridgehead atoms. The van der Waals surface area contributed by atoms with Crippen LogP contribution in [0.3, 0.4) is 0 Å². The maximum atomic E-state index is 11.1. The molecule has 0 aliphatic carbocycles. The summed E-state index contributed by atoms with van der Waals surface area (Å²) < 4.78 is 1.02. The predicted octanol–water partition coefficient (Wildman–Crippen LogP) is 5.59. The van der Waals surface area contributed by atoms with Gasteiger partial charge < -0.3 is 0 Å². The lowest BCUT2D eigenvalue weighted by atomic mass is 10.00. The van der Waals surface area contributed by atoms with Gasteiger partial charge in [-0.2, -0.15) is 0 Å². The molecule has 1 aromatic rings. The quantitative estimate of drug-likeness (QED) is 0.234. The van der Waals surface area contributed by atoms with E-state index >= 15 is 0 Å². The highest BCUT2D eigenvalue weighted by molar-refractivity contribution is 9.10. The van der Waals surface area contributed by atoms with Gasteiger partial charge in [-0.3, -0.25) is 4.84 Å². The second-order valence-electron chi connectivity index (χ2n) is 5.18. The zero-order valence-electron chi connectivity index (χ0n) is 12.9. The first kappa shape index (κ1) is 18.6. The first-order chi connectivity index (χ1) is 10.7. The Kier molecular flexibility index (Phi) is 9.39. The van der Waals surface area contributed by atoms with Gasteiger partial charge in [-0.25, -0.2) is 4.79 Å². The topological polar surface area (TPSA) is 55.7 Å². The molecule has 120 valence electrons. The summed E-state index contributed by atoms with van der Waals surface area (Å²) in [5.74, 6) is -0.761. The predicted molar refractivity (Wildman–Crippen MR) is 92.1 cm³/mol. The molecule has 0 spiro atoms. The molecule has 5 heteroatoms. The van der Waals surface area contributed by atoms with Crippen LogP contribution in [0.2, 0.25) is 0 Å². The fourth-order valence-corrected chi connectivity index (χ4v) is 2.68. The molecular formula is C17H22BrNO3. The SMILES string of the molecule is CCCCCCCCc1cc(Br)ccc1/C=C/C(=O)ON=O. The minimum Gasteiger partial charge on any atom is -0.280 e. The minimum atomic E-state index is -0.761. The number of nitrogens with zero attached hydrogens (tertiary/aromatic N) is 1. The van der Waals surface area contributed by atoms with Crippen molar-refractivity contribution in [2.45, 2.75) is 51.9 Å². The van der Waals surface area contributed by atoms with Gasteiger partial charge in [-0.15, -0.1) is 4.91 Å². The number of carbonyl (C=O) groups is 1. The monoisotopic (exact) mass is 367 g/mol. The van der Waals surface area contributed by atoms with E-state index in [1.807, 2.05) is 12.1 Å². The number of hydrogen-bond donors (Lipinski definition) is 0. The van der Waals surface area contributed by atoms with E-state index in [2.05, 4.69) is 39.1 Å². The molecule has 0 fully saturated rings. The van der Waals surface area contributed by atoms with Crippen LogP contribution < -0.4 is 0 Å². The van der Waals surface area contributed by atoms with Gasteiger partial charge in [0.2, 0.25) is 0 Å². The third kappa shape index (κ3) is 7.50. The molecule has 0 aromatic heterocycles. The van der Waals surface area contributed by atoms with Gasteiger partial charge in [0.05, 0.1) is 0 Å².